The molecule has 0 aliphatic carbocycles. The molecule has 0 amide bonds. The fraction of sp³-hybridized carbons (Fsp3) is 0.538. The molecule has 1 aliphatic rings. The summed E-state index contributed by atoms with van der Waals surface area (Å²) in [5.74, 6) is 0.498. The van der Waals surface area contributed by atoms with Crippen molar-refractivity contribution >= 4 is 15.9 Å². The lowest BCUT2D eigenvalue weighted by Gasteiger charge is -2.34. The maximum atomic E-state index is 12.5. The van der Waals surface area contributed by atoms with E-state index in [1.807, 2.05) is 0 Å². The van der Waals surface area contributed by atoms with E-state index in [0.29, 0.717) is 24.5 Å². The molecular weight excluding hydrogens is 278 g/mol. The molecule has 1 aliphatic heterocycles. The van der Waals surface area contributed by atoms with Crippen molar-refractivity contribution in [2.75, 3.05) is 24.9 Å². The van der Waals surface area contributed by atoms with E-state index in [4.69, 9.17) is 10.5 Å². The summed E-state index contributed by atoms with van der Waals surface area (Å²) in [4.78, 5) is 0. The van der Waals surface area contributed by atoms with Crippen LogP contribution in [0.25, 0.3) is 0 Å². The predicted molar refractivity (Wildman–Crippen MR) is 78.9 cm³/mol. The first-order valence-corrected chi connectivity index (χ1v) is 8.15. The van der Waals surface area contributed by atoms with Crippen LogP contribution in [0.3, 0.4) is 0 Å². The Morgan fingerprint density at radius 1 is 1.40 bits per heavy atom. The molecule has 1 heterocycles. The lowest BCUT2D eigenvalue weighted by Crippen LogP contribution is -2.49. The molecule has 0 aromatic heterocycles. The maximum Gasteiger partial charge on any atom is 0.302 e. The highest BCUT2D eigenvalue weighted by Crippen LogP contribution is 2.27. The van der Waals surface area contributed by atoms with Crippen LogP contribution in [0.5, 0.6) is 5.75 Å². The van der Waals surface area contributed by atoms with Crippen molar-refractivity contribution in [2.45, 2.75) is 25.3 Å². The Morgan fingerprint density at radius 2 is 2.15 bits per heavy atom. The molecule has 1 aromatic rings. The van der Waals surface area contributed by atoms with Crippen molar-refractivity contribution < 1.29 is 13.2 Å². The lowest BCUT2D eigenvalue weighted by molar-refractivity contribution is 0.259. The fourth-order valence-corrected chi connectivity index (χ4v) is 3.97. The highest BCUT2D eigenvalue weighted by atomic mass is 32.2. The van der Waals surface area contributed by atoms with Crippen LogP contribution >= 0.6 is 0 Å². The van der Waals surface area contributed by atoms with Crippen molar-refractivity contribution in [1.82, 2.24) is 4.31 Å². The Hall–Kier alpha value is -1.31. The third-order valence-corrected chi connectivity index (χ3v) is 5.08. The van der Waals surface area contributed by atoms with Gasteiger partial charge in [-0.05, 0) is 25.0 Å². The minimum atomic E-state index is -3.61. The van der Waals surface area contributed by atoms with Gasteiger partial charge in [0.1, 0.15) is 5.75 Å². The molecule has 1 saturated heterocycles. The Labute approximate surface area is 120 Å². The van der Waals surface area contributed by atoms with Gasteiger partial charge in [0.25, 0.3) is 0 Å². The quantitative estimate of drug-likeness (QED) is 0.854. The summed E-state index contributed by atoms with van der Waals surface area (Å²) < 4.78 is 34.2. The lowest BCUT2D eigenvalue weighted by atomic mass is 10.1. The summed E-state index contributed by atoms with van der Waals surface area (Å²) in [6.45, 7) is 0.846. The Balaban J connectivity index is 2.22. The summed E-state index contributed by atoms with van der Waals surface area (Å²) in [7, 11) is -2.10. The number of piperidine rings is 1. The molecule has 7 heteroatoms. The fourth-order valence-electron chi connectivity index (χ4n) is 2.45. The van der Waals surface area contributed by atoms with E-state index in [1.165, 1.54) is 11.4 Å². The standard InChI is InChI=1S/C13H21N3O3S/c1-19-13-8-3-2-7-12(13)15-20(17,18)16-9-5-4-6-11(16)10-14/h2-3,7-8,11,15H,4-6,9-10,14H2,1H3. The number of para-hydroxylation sites is 2. The van der Waals surface area contributed by atoms with E-state index in [-0.39, 0.29) is 6.04 Å². The average Bonchev–Trinajstić information content (AvgIpc) is 2.47. The zero-order valence-corrected chi connectivity index (χ0v) is 12.4. The van der Waals surface area contributed by atoms with E-state index < -0.39 is 10.2 Å². The van der Waals surface area contributed by atoms with E-state index >= 15 is 0 Å². The van der Waals surface area contributed by atoms with Crippen molar-refractivity contribution in [3.63, 3.8) is 0 Å². The number of hydrogen-bond acceptors (Lipinski definition) is 4. The first-order valence-electron chi connectivity index (χ1n) is 6.71. The summed E-state index contributed by atoms with van der Waals surface area (Å²) in [5.41, 5.74) is 6.12. The van der Waals surface area contributed by atoms with Crippen LogP contribution in [0.15, 0.2) is 24.3 Å². The van der Waals surface area contributed by atoms with Crippen LogP contribution in [-0.2, 0) is 10.2 Å². The Morgan fingerprint density at radius 3 is 2.85 bits per heavy atom. The normalized spacial score (nSPS) is 20.6. The minimum absolute atomic E-state index is 0.129. The Bertz CT molecular complexity index is 548. The smallest absolute Gasteiger partial charge is 0.302 e. The van der Waals surface area contributed by atoms with Gasteiger partial charge in [0.2, 0.25) is 0 Å². The average molecular weight is 299 g/mol. The van der Waals surface area contributed by atoms with Crippen molar-refractivity contribution in [2.24, 2.45) is 5.73 Å². The molecular formula is C13H21N3O3S. The number of anilines is 1. The summed E-state index contributed by atoms with van der Waals surface area (Å²) in [6.07, 6.45) is 2.69. The molecule has 3 N–H and O–H groups in total. The van der Waals surface area contributed by atoms with Gasteiger partial charge >= 0.3 is 10.2 Å². The molecule has 1 unspecified atom stereocenters. The number of nitrogens with two attached hydrogens (primary N) is 1. The molecule has 1 fully saturated rings. The highest BCUT2D eigenvalue weighted by molar-refractivity contribution is 7.90. The van der Waals surface area contributed by atoms with Crippen LogP contribution in [0.2, 0.25) is 0 Å². The second kappa shape index (κ2) is 6.43. The van der Waals surface area contributed by atoms with Gasteiger partial charge < -0.3 is 10.5 Å². The highest BCUT2D eigenvalue weighted by Gasteiger charge is 2.31. The monoisotopic (exact) mass is 299 g/mol. The molecule has 6 nitrogen and oxygen atoms in total. The zero-order valence-electron chi connectivity index (χ0n) is 11.6. The molecule has 1 atom stereocenters. The summed E-state index contributed by atoms with van der Waals surface area (Å²) in [5, 5.41) is 0. The summed E-state index contributed by atoms with van der Waals surface area (Å²) in [6, 6.07) is 6.82. The van der Waals surface area contributed by atoms with Crippen LogP contribution in [0.4, 0.5) is 5.69 Å². The number of benzene rings is 1. The molecule has 0 radical (unpaired) electrons. The number of hydrogen-bond donors (Lipinski definition) is 2. The summed E-state index contributed by atoms with van der Waals surface area (Å²) >= 11 is 0. The van der Waals surface area contributed by atoms with Crippen molar-refractivity contribution in [1.29, 1.82) is 0 Å². The van der Waals surface area contributed by atoms with Gasteiger partial charge in [-0.2, -0.15) is 12.7 Å². The third kappa shape index (κ3) is 3.23. The number of nitrogens with one attached hydrogen (secondary N) is 1. The Kier molecular flexibility index (Phi) is 4.85. The molecule has 2 rings (SSSR count). The minimum Gasteiger partial charge on any atom is -0.495 e. The topological polar surface area (TPSA) is 84.7 Å². The molecule has 0 saturated carbocycles. The van der Waals surface area contributed by atoms with Crippen LogP contribution in [0.1, 0.15) is 19.3 Å². The molecule has 0 bridgehead atoms. The number of methoxy groups -OCH3 is 1. The van der Waals surface area contributed by atoms with Gasteiger partial charge in [0.05, 0.1) is 12.8 Å². The van der Waals surface area contributed by atoms with Crippen LogP contribution in [0, 0.1) is 0 Å². The number of nitrogens with zero attached hydrogens (tertiary/aromatic N) is 1. The largest absolute Gasteiger partial charge is 0.495 e. The zero-order chi connectivity index (χ0) is 14.6. The van der Waals surface area contributed by atoms with Crippen molar-refractivity contribution in [3.8, 4) is 5.75 Å². The first kappa shape index (κ1) is 15.1. The van der Waals surface area contributed by atoms with Crippen LogP contribution in [-0.4, -0.2) is 39.0 Å². The number of rotatable bonds is 5. The van der Waals surface area contributed by atoms with Gasteiger partial charge in [0.15, 0.2) is 0 Å². The van der Waals surface area contributed by atoms with Gasteiger partial charge in [-0.3, -0.25) is 4.72 Å². The molecule has 112 valence electrons. The number of ether oxygens (including phenoxy) is 1. The van der Waals surface area contributed by atoms with E-state index in [9.17, 15) is 8.42 Å². The first-order chi connectivity index (χ1) is 9.58. The van der Waals surface area contributed by atoms with Gasteiger partial charge in [-0.1, -0.05) is 18.6 Å². The molecule has 0 spiro atoms. The maximum absolute atomic E-state index is 12.5. The second-order valence-corrected chi connectivity index (χ2v) is 6.43. The van der Waals surface area contributed by atoms with E-state index in [0.717, 1.165) is 19.3 Å². The second-order valence-electron chi connectivity index (χ2n) is 4.80. The van der Waals surface area contributed by atoms with Crippen molar-refractivity contribution in [3.05, 3.63) is 24.3 Å². The third-order valence-electron chi connectivity index (χ3n) is 3.50. The molecule has 20 heavy (non-hydrogen) atoms. The van der Waals surface area contributed by atoms with E-state index in [2.05, 4.69) is 4.72 Å². The van der Waals surface area contributed by atoms with Gasteiger partial charge in [-0.25, -0.2) is 0 Å². The SMILES string of the molecule is COc1ccccc1NS(=O)(=O)N1CCCCC1CN. The molecule has 1 aromatic carbocycles. The van der Waals surface area contributed by atoms with Gasteiger partial charge in [0, 0.05) is 19.1 Å². The van der Waals surface area contributed by atoms with E-state index in [1.54, 1.807) is 24.3 Å². The predicted octanol–water partition coefficient (Wildman–Crippen LogP) is 1.17. The van der Waals surface area contributed by atoms with Gasteiger partial charge in [-0.15, -0.1) is 0 Å². The van der Waals surface area contributed by atoms with Crippen LogP contribution < -0.4 is 15.2 Å².